The minimum absolute atomic E-state index is 0.0424. The van der Waals surface area contributed by atoms with E-state index in [0.29, 0.717) is 25.3 Å². The number of nitro benzene ring substituents is 1. The standard InChI is InChI=1S/C22H28N4O5S/c27-26(28)20-7-8-21(22(15-20)32(29,30)25-9-3-4-10-25)23-16-18-5-1-2-6-19(18)17-24-11-13-31-14-12-24/h1-2,5-8,15,23H,3-4,9-14,16-17H2. The molecule has 2 heterocycles. The number of non-ortho nitro benzene ring substituents is 1. The van der Waals surface area contributed by atoms with E-state index in [1.165, 1.54) is 16.4 Å². The molecular weight excluding hydrogens is 432 g/mol. The highest BCUT2D eigenvalue weighted by Crippen LogP contribution is 2.31. The number of nitro groups is 1. The molecule has 0 atom stereocenters. The molecule has 0 unspecified atom stereocenters. The van der Waals surface area contributed by atoms with Crippen molar-refractivity contribution in [2.45, 2.75) is 30.8 Å². The molecule has 10 heteroatoms. The molecule has 2 fully saturated rings. The topological polar surface area (TPSA) is 105 Å². The minimum Gasteiger partial charge on any atom is -0.380 e. The van der Waals surface area contributed by atoms with Gasteiger partial charge in [-0.05, 0) is 30.0 Å². The lowest BCUT2D eigenvalue weighted by atomic mass is 10.1. The zero-order valence-corrected chi connectivity index (χ0v) is 18.7. The highest BCUT2D eigenvalue weighted by molar-refractivity contribution is 7.89. The van der Waals surface area contributed by atoms with Crippen molar-refractivity contribution in [1.29, 1.82) is 0 Å². The van der Waals surface area contributed by atoms with E-state index in [1.807, 2.05) is 18.2 Å². The Morgan fingerprint density at radius 1 is 1.00 bits per heavy atom. The van der Waals surface area contributed by atoms with E-state index in [9.17, 15) is 18.5 Å². The SMILES string of the molecule is O=[N+]([O-])c1ccc(NCc2ccccc2CN2CCOCC2)c(S(=O)(=O)N2CCCC2)c1. The molecule has 4 rings (SSSR count). The highest BCUT2D eigenvalue weighted by Gasteiger charge is 2.31. The third kappa shape index (κ3) is 5.09. The summed E-state index contributed by atoms with van der Waals surface area (Å²) < 4.78 is 33.3. The van der Waals surface area contributed by atoms with Gasteiger partial charge in [0, 0.05) is 51.4 Å². The maximum atomic E-state index is 13.2. The zero-order valence-electron chi connectivity index (χ0n) is 17.9. The Balaban J connectivity index is 1.58. The number of sulfonamides is 1. The van der Waals surface area contributed by atoms with Crippen LogP contribution in [0.2, 0.25) is 0 Å². The third-order valence-electron chi connectivity index (χ3n) is 5.94. The van der Waals surface area contributed by atoms with Crippen LogP contribution in [0.4, 0.5) is 11.4 Å². The summed E-state index contributed by atoms with van der Waals surface area (Å²) in [5.74, 6) is 0. The van der Waals surface area contributed by atoms with Crippen LogP contribution in [0.5, 0.6) is 0 Å². The Hall–Kier alpha value is -2.53. The molecule has 9 nitrogen and oxygen atoms in total. The van der Waals surface area contributed by atoms with Gasteiger partial charge < -0.3 is 10.1 Å². The van der Waals surface area contributed by atoms with Gasteiger partial charge >= 0.3 is 0 Å². The molecule has 0 bridgehead atoms. The van der Waals surface area contributed by atoms with Gasteiger partial charge in [0.05, 0.1) is 23.8 Å². The van der Waals surface area contributed by atoms with Crippen LogP contribution in [-0.4, -0.2) is 61.9 Å². The number of nitrogens with one attached hydrogen (secondary N) is 1. The van der Waals surface area contributed by atoms with Crippen LogP contribution >= 0.6 is 0 Å². The predicted molar refractivity (Wildman–Crippen MR) is 121 cm³/mol. The molecular formula is C22H28N4O5S. The molecule has 172 valence electrons. The molecule has 2 aliphatic rings. The lowest BCUT2D eigenvalue weighted by molar-refractivity contribution is -0.385. The second-order valence-electron chi connectivity index (χ2n) is 8.06. The van der Waals surface area contributed by atoms with Gasteiger partial charge in [-0.2, -0.15) is 4.31 Å². The molecule has 32 heavy (non-hydrogen) atoms. The first-order valence-electron chi connectivity index (χ1n) is 10.8. The number of hydrogen-bond donors (Lipinski definition) is 1. The van der Waals surface area contributed by atoms with Crippen molar-refractivity contribution in [3.05, 3.63) is 63.7 Å². The van der Waals surface area contributed by atoms with Crippen molar-refractivity contribution < 1.29 is 18.1 Å². The van der Waals surface area contributed by atoms with Crippen LogP contribution in [-0.2, 0) is 27.8 Å². The van der Waals surface area contributed by atoms with E-state index in [1.54, 1.807) is 0 Å². The molecule has 0 aromatic heterocycles. The Morgan fingerprint density at radius 3 is 2.38 bits per heavy atom. The van der Waals surface area contributed by atoms with Crippen LogP contribution in [0.15, 0.2) is 47.4 Å². The number of rotatable bonds is 8. The first-order chi connectivity index (χ1) is 15.4. The second-order valence-corrected chi connectivity index (χ2v) is 9.97. The highest BCUT2D eigenvalue weighted by atomic mass is 32.2. The maximum Gasteiger partial charge on any atom is 0.270 e. The van der Waals surface area contributed by atoms with Gasteiger partial charge in [0.25, 0.3) is 5.69 Å². The lowest BCUT2D eigenvalue weighted by Crippen LogP contribution is -2.35. The van der Waals surface area contributed by atoms with Gasteiger partial charge in [0.1, 0.15) is 4.90 Å². The van der Waals surface area contributed by atoms with Crippen molar-refractivity contribution in [2.24, 2.45) is 0 Å². The normalized spacial score (nSPS) is 18.0. The molecule has 2 saturated heterocycles. The molecule has 2 aliphatic heterocycles. The molecule has 2 aromatic carbocycles. The van der Waals surface area contributed by atoms with Gasteiger partial charge in [-0.3, -0.25) is 15.0 Å². The average molecular weight is 461 g/mol. The fourth-order valence-electron chi connectivity index (χ4n) is 4.13. The number of nitrogens with zero attached hydrogens (tertiary/aromatic N) is 3. The monoisotopic (exact) mass is 460 g/mol. The quantitative estimate of drug-likeness (QED) is 0.477. The van der Waals surface area contributed by atoms with E-state index in [4.69, 9.17) is 4.74 Å². The van der Waals surface area contributed by atoms with Gasteiger partial charge in [0.15, 0.2) is 0 Å². The van der Waals surface area contributed by atoms with E-state index in [-0.39, 0.29) is 10.6 Å². The summed E-state index contributed by atoms with van der Waals surface area (Å²) >= 11 is 0. The third-order valence-corrected chi connectivity index (χ3v) is 7.88. The van der Waals surface area contributed by atoms with Crippen molar-refractivity contribution >= 4 is 21.4 Å². The van der Waals surface area contributed by atoms with Crippen molar-refractivity contribution in [2.75, 3.05) is 44.7 Å². The fourth-order valence-corrected chi connectivity index (χ4v) is 5.83. The average Bonchev–Trinajstić information content (AvgIpc) is 3.35. The molecule has 0 saturated carbocycles. The Bertz CT molecular complexity index is 1060. The minimum atomic E-state index is -3.82. The van der Waals surface area contributed by atoms with Crippen LogP contribution < -0.4 is 5.32 Å². The summed E-state index contributed by atoms with van der Waals surface area (Å²) in [5.41, 5.74) is 2.36. The zero-order chi connectivity index (χ0) is 22.6. The Morgan fingerprint density at radius 2 is 1.69 bits per heavy atom. The van der Waals surface area contributed by atoms with Crippen molar-refractivity contribution in [1.82, 2.24) is 9.21 Å². The first kappa shape index (κ1) is 22.7. The molecule has 0 aliphatic carbocycles. The van der Waals surface area contributed by atoms with E-state index in [0.717, 1.165) is 62.9 Å². The van der Waals surface area contributed by atoms with E-state index in [2.05, 4.69) is 16.3 Å². The summed E-state index contributed by atoms with van der Waals surface area (Å²) in [6.07, 6.45) is 1.59. The summed E-state index contributed by atoms with van der Waals surface area (Å²) in [7, 11) is -3.82. The van der Waals surface area contributed by atoms with Gasteiger partial charge in [-0.1, -0.05) is 24.3 Å². The fraction of sp³-hybridized carbons (Fsp3) is 0.455. The smallest absolute Gasteiger partial charge is 0.270 e. The van der Waals surface area contributed by atoms with Crippen LogP contribution in [0.1, 0.15) is 24.0 Å². The van der Waals surface area contributed by atoms with Crippen molar-refractivity contribution in [3.63, 3.8) is 0 Å². The van der Waals surface area contributed by atoms with Crippen LogP contribution in [0, 0.1) is 10.1 Å². The van der Waals surface area contributed by atoms with Crippen LogP contribution in [0.3, 0.4) is 0 Å². The molecule has 0 spiro atoms. The predicted octanol–water partition coefficient (Wildman–Crippen LogP) is 2.82. The number of benzene rings is 2. The molecule has 2 aromatic rings. The largest absolute Gasteiger partial charge is 0.380 e. The Kier molecular flexibility index (Phi) is 7.04. The van der Waals surface area contributed by atoms with Gasteiger partial charge in [-0.25, -0.2) is 8.42 Å². The Labute approximate surface area is 188 Å². The molecule has 1 N–H and O–H groups in total. The molecule has 0 radical (unpaired) electrons. The number of anilines is 1. The van der Waals surface area contributed by atoms with E-state index >= 15 is 0 Å². The van der Waals surface area contributed by atoms with Crippen molar-refractivity contribution in [3.8, 4) is 0 Å². The van der Waals surface area contributed by atoms with Gasteiger partial charge in [-0.15, -0.1) is 0 Å². The summed E-state index contributed by atoms with van der Waals surface area (Å²) in [4.78, 5) is 13.0. The number of morpholine rings is 1. The molecule has 0 amide bonds. The van der Waals surface area contributed by atoms with Gasteiger partial charge in [0.2, 0.25) is 10.0 Å². The second kappa shape index (κ2) is 9.95. The van der Waals surface area contributed by atoms with E-state index < -0.39 is 14.9 Å². The summed E-state index contributed by atoms with van der Waals surface area (Å²) in [6, 6.07) is 12.0. The van der Waals surface area contributed by atoms with Crippen LogP contribution in [0.25, 0.3) is 0 Å². The summed E-state index contributed by atoms with van der Waals surface area (Å²) in [6.45, 7) is 5.29. The lowest BCUT2D eigenvalue weighted by Gasteiger charge is -2.27. The summed E-state index contributed by atoms with van der Waals surface area (Å²) in [5, 5.41) is 14.5. The maximum absolute atomic E-state index is 13.2. The number of ether oxygens (including phenoxy) is 1. The number of hydrogen-bond acceptors (Lipinski definition) is 7. The first-order valence-corrected chi connectivity index (χ1v) is 12.3.